The van der Waals surface area contributed by atoms with Gasteiger partial charge in [-0.1, -0.05) is 30.3 Å². The molecule has 2 bridgehead atoms. The Balaban J connectivity index is 1.49. The zero-order chi connectivity index (χ0) is 13.5. The van der Waals surface area contributed by atoms with Crippen molar-refractivity contribution >= 4 is 11.5 Å². The molecule has 3 fully saturated rings. The molecule has 0 aromatic heterocycles. The zero-order valence-corrected chi connectivity index (χ0v) is 11.5. The number of hydrogen-bond acceptors (Lipinski definition) is 3. The van der Waals surface area contributed by atoms with Gasteiger partial charge in [0.25, 0.3) is 0 Å². The van der Waals surface area contributed by atoms with Crippen LogP contribution in [-0.2, 0) is 16.0 Å². The lowest BCUT2D eigenvalue weighted by molar-refractivity contribution is -0.151. The van der Waals surface area contributed by atoms with E-state index in [2.05, 4.69) is 11.0 Å². The van der Waals surface area contributed by atoms with Gasteiger partial charge in [0.05, 0.1) is 5.57 Å². The molecule has 5 rings (SSSR count). The number of esters is 1. The van der Waals surface area contributed by atoms with Gasteiger partial charge in [-0.3, -0.25) is 4.90 Å². The molecule has 0 radical (unpaired) electrons. The molecule has 104 valence electrons. The van der Waals surface area contributed by atoms with Crippen LogP contribution in [0.2, 0.25) is 0 Å². The van der Waals surface area contributed by atoms with Crippen molar-refractivity contribution in [3.05, 3.63) is 41.5 Å². The molecule has 1 aromatic rings. The third-order valence-electron chi connectivity index (χ3n) is 4.91. The van der Waals surface area contributed by atoms with Gasteiger partial charge in [0.2, 0.25) is 0 Å². The van der Waals surface area contributed by atoms with Gasteiger partial charge in [-0.05, 0) is 49.4 Å². The third kappa shape index (κ3) is 1.97. The molecule has 0 amide bonds. The second-order valence-electron chi connectivity index (χ2n) is 6.06. The Bertz CT molecular complexity index is 570. The highest BCUT2D eigenvalue weighted by atomic mass is 16.5. The molecule has 0 spiro atoms. The van der Waals surface area contributed by atoms with Crippen molar-refractivity contribution in [3.8, 4) is 0 Å². The fourth-order valence-corrected chi connectivity index (χ4v) is 3.72. The molecule has 20 heavy (non-hydrogen) atoms. The highest BCUT2D eigenvalue weighted by Crippen LogP contribution is 2.33. The van der Waals surface area contributed by atoms with E-state index < -0.39 is 0 Å². The van der Waals surface area contributed by atoms with Gasteiger partial charge in [-0.25, -0.2) is 4.79 Å². The highest BCUT2D eigenvalue weighted by Gasteiger charge is 2.37. The molecule has 4 aliphatic rings. The first kappa shape index (κ1) is 12.2. The quantitative estimate of drug-likeness (QED) is 0.771. The molecule has 1 atom stereocenters. The maximum absolute atomic E-state index is 12.4. The van der Waals surface area contributed by atoms with Gasteiger partial charge in [0, 0.05) is 6.54 Å². The van der Waals surface area contributed by atoms with E-state index in [0.29, 0.717) is 5.92 Å². The molecule has 3 aliphatic heterocycles. The van der Waals surface area contributed by atoms with Crippen LogP contribution in [0.1, 0.15) is 24.0 Å². The molecule has 1 aromatic carbocycles. The Labute approximate surface area is 119 Å². The number of piperidine rings is 3. The van der Waals surface area contributed by atoms with Gasteiger partial charge in [-0.15, -0.1) is 0 Å². The van der Waals surface area contributed by atoms with Crippen molar-refractivity contribution in [2.24, 2.45) is 5.92 Å². The number of benzene rings is 1. The van der Waals surface area contributed by atoms with E-state index in [9.17, 15) is 4.79 Å². The fourth-order valence-electron chi connectivity index (χ4n) is 3.72. The van der Waals surface area contributed by atoms with Crippen molar-refractivity contribution in [1.29, 1.82) is 0 Å². The van der Waals surface area contributed by atoms with Crippen LogP contribution in [0.5, 0.6) is 0 Å². The Morgan fingerprint density at radius 3 is 2.75 bits per heavy atom. The van der Waals surface area contributed by atoms with E-state index in [1.54, 1.807) is 0 Å². The molecule has 0 unspecified atom stereocenters. The van der Waals surface area contributed by atoms with Crippen molar-refractivity contribution in [3.63, 3.8) is 0 Å². The summed E-state index contributed by atoms with van der Waals surface area (Å²) in [6, 6.07) is 8.11. The number of carbonyl (C=O) groups excluding carboxylic acids is 1. The van der Waals surface area contributed by atoms with Gasteiger partial charge in [0.15, 0.2) is 0 Å². The Hall–Kier alpha value is -1.61. The van der Waals surface area contributed by atoms with Crippen LogP contribution in [0.25, 0.3) is 5.57 Å². The lowest BCUT2D eigenvalue weighted by Crippen LogP contribution is -2.51. The lowest BCUT2D eigenvalue weighted by atomic mass is 9.86. The summed E-state index contributed by atoms with van der Waals surface area (Å²) in [5.74, 6) is 0.440. The SMILES string of the molecule is O=C(O[C@@H]1CN2CCC1CC2)C1=CCc2ccccc21. The molecule has 3 nitrogen and oxygen atoms in total. The molecule has 3 heterocycles. The first-order chi connectivity index (χ1) is 9.81. The minimum Gasteiger partial charge on any atom is -0.457 e. The largest absolute Gasteiger partial charge is 0.457 e. The van der Waals surface area contributed by atoms with E-state index >= 15 is 0 Å². The van der Waals surface area contributed by atoms with Gasteiger partial charge < -0.3 is 4.74 Å². The zero-order valence-electron chi connectivity index (χ0n) is 11.5. The summed E-state index contributed by atoms with van der Waals surface area (Å²) in [6.45, 7) is 3.26. The molecule has 3 saturated heterocycles. The minimum atomic E-state index is -0.131. The van der Waals surface area contributed by atoms with Crippen LogP contribution < -0.4 is 0 Å². The van der Waals surface area contributed by atoms with Crippen LogP contribution in [0.4, 0.5) is 0 Å². The average Bonchev–Trinajstić information content (AvgIpc) is 2.92. The summed E-state index contributed by atoms with van der Waals surface area (Å²) in [5, 5.41) is 0. The van der Waals surface area contributed by atoms with E-state index in [0.717, 1.165) is 24.1 Å². The second-order valence-corrected chi connectivity index (χ2v) is 6.06. The molecule has 0 saturated carbocycles. The first-order valence-corrected chi connectivity index (χ1v) is 7.53. The molecular formula is C17H19NO2. The summed E-state index contributed by atoms with van der Waals surface area (Å²) in [5.41, 5.74) is 3.05. The van der Waals surface area contributed by atoms with Gasteiger partial charge in [-0.2, -0.15) is 0 Å². The van der Waals surface area contributed by atoms with Gasteiger partial charge in [0.1, 0.15) is 6.10 Å². The number of ether oxygens (including phenoxy) is 1. The van der Waals surface area contributed by atoms with E-state index in [-0.39, 0.29) is 12.1 Å². The van der Waals surface area contributed by atoms with Crippen molar-refractivity contribution < 1.29 is 9.53 Å². The summed E-state index contributed by atoms with van der Waals surface area (Å²) in [4.78, 5) is 14.9. The maximum atomic E-state index is 12.4. The lowest BCUT2D eigenvalue weighted by Gasteiger charge is -2.43. The minimum absolute atomic E-state index is 0.0960. The van der Waals surface area contributed by atoms with E-state index in [4.69, 9.17) is 4.74 Å². The number of hydrogen-bond donors (Lipinski definition) is 0. The van der Waals surface area contributed by atoms with Crippen molar-refractivity contribution in [1.82, 2.24) is 4.90 Å². The molecular weight excluding hydrogens is 250 g/mol. The number of rotatable bonds is 2. The fraction of sp³-hybridized carbons (Fsp3) is 0.471. The summed E-state index contributed by atoms with van der Waals surface area (Å²) < 4.78 is 5.82. The third-order valence-corrected chi connectivity index (χ3v) is 4.91. The smallest absolute Gasteiger partial charge is 0.338 e. The number of fused-ring (bicyclic) bond motifs is 4. The van der Waals surface area contributed by atoms with E-state index in [1.165, 1.54) is 31.5 Å². The topological polar surface area (TPSA) is 29.5 Å². The normalized spacial score (nSPS) is 30.8. The number of nitrogens with zero attached hydrogens (tertiary/aromatic N) is 1. The number of carbonyl (C=O) groups is 1. The highest BCUT2D eigenvalue weighted by molar-refractivity contribution is 6.18. The van der Waals surface area contributed by atoms with Crippen LogP contribution >= 0.6 is 0 Å². The average molecular weight is 269 g/mol. The monoisotopic (exact) mass is 269 g/mol. The van der Waals surface area contributed by atoms with Gasteiger partial charge >= 0.3 is 5.97 Å². The van der Waals surface area contributed by atoms with E-state index in [1.807, 2.05) is 24.3 Å². The molecule has 0 N–H and O–H groups in total. The second kappa shape index (κ2) is 4.74. The number of allylic oxidation sites excluding steroid dienone is 1. The molecule has 1 aliphatic carbocycles. The standard InChI is InChI=1S/C17H19NO2/c19-17(15-6-5-12-3-1-2-4-14(12)15)20-16-11-18-9-7-13(16)8-10-18/h1-4,6,13,16H,5,7-11H2/t16-/m1/s1. The molecule has 3 heteroatoms. The Morgan fingerprint density at radius 2 is 2.00 bits per heavy atom. The maximum Gasteiger partial charge on any atom is 0.338 e. The first-order valence-electron chi connectivity index (χ1n) is 7.53. The van der Waals surface area contributed by atoms with Crippen LogP contribution in [0, 0.1) is 5.92 Å². The van der Waals surface area contributed by atoms with Crippen LogP contribution in [-0.4, -0.2) is 36.6 Å². The van der Waals surface area contributed by atoms with Crippen molar-refractivity contribution in [2.45, 2.75) is 25.4 Å². The summed E-state index contributed by atoms with van der Waals surface area (Å²) in [7, 11) is 0. The predicted octanol–water partition coefficient (Wildman–Crippen LogP) is 2.26. The van der Waals surface area contributed by atoms with Crippen molar-refractivity contribution in [2.75, 3.05) is 19.6 Å². The van der Waals surface area contributed by atoms with Crippen LogP contribution in [0.3, 0.4) is 0 Å². The summed E-state index contributed by atoms with van der Waals surface area (Å²) >= 11 is 0. The predicted molar refractivity (Wildman–Crippen MR) is 77.2 cm³/mol. The van der Waals surface area contributed by atoms with Crippen LogP contribution in [0.15, 0.2) is 30.3 Å². The Kier molecular flexibility index (Phi) is 2.88. The summed E-state index contributed by atoms with van der Waals surface area (Å²) in [6.07, 6.45) is 5.30. The Morgan fingerprint density at radius 1 is 1.20 bits per heavy atom.